The van der Waals surface area contributed by atoms with Crippen LogP contribution in [-0.4, -0.2) is 38.9 Å². The Morgan fingerprint density at radius 3 is 2.52 bits per heavy atom. The van der Waals surface area contributed by atoms with Crippen molar-refractivity contribution in [1.82, 2.24) is 15.0 Å². The third kappa shape index (κ3) is 5.86. The first kappa shape index (κ1) is 21.8. The van der Waals surface area contributed by atoms with Crippen LogP contribution in [0.4, 0.5) is 22.5 Å². The Morgan fingerprint density at radius 2 is 1.82 bits per heavy atom. The minimum atomic E-state index is -0.490. The zero-order valence-electron chi connectivity index (χ0n) is 17.3. The fourth-order valence-electron chi connectivity index (χ4n) is 2.89. The van der Waals surface area contributed by atoms with E-state index in [2.05, 4.69) is 30.9 Å². The molecule has 3 N–H and O–H groups in total. The van der Waals surface area contributed by atoms with Crippen molar-refractivity contribution >= 4 is 39.7 Å². The van der Waals surface area contributed by atoms with Crippen LogP contribution >= 0.6 is 11.3 Å². The van der Waals surface area contributed by atoms with Gasteiger partial charge in [-0.2, -0.15) is 0 Å². The number of aromatic nitrogens is 3. The molecule has 10 nitrogen and oxygen atoms in total. The monoisotopic (exact) mass is 461 g/mol. The summed E-state index contributed by atoms with van der Waals surface area (Å²) in [7, 11) is 0. The second-order valence-corrected chi connectivity index (χ2v) is 7.73. The molecule has 3 aromatic heterocycles. The van der Waals surface area contributed by atoms with E-state index >= 15 is 0 Å². The number of anilines is 3. The van der Waals surface area contributed by atoms with Crippen molar-refractivity contribution in [3.05, 3.63) is 88.0 Å². The second-order valence-electron chi connectivity index (χ2n) is 6.79. The third-order valence-corrected chi connectivity index (χ3v) is 5.31. The SMILES string of the molecule is O=C(Nc1cccs1)c1ccc(-c2ccnc(NCCNc3ccc([N+](=O)[O-])cn3)n2)cc1. The summed E-state index contributed by atoms with van der Waals surface area (Å²) < 4.78 is 0. The highest BCUT2D eigenvalue weighted by atomic mass is 32.1. The van der Waals surface area contributed by atoms with Gasteiger partial charge in [-0.05, 0) is 41.8 Å². The number of nitro groups is 1. The number of nitrogens with zero attached hydrogens (tertiary/aromatic N) is 4. The maximum Gasteiger partial charge on any atom is 0.287 e. The number of carbonyl (C=O) groups is 1. The summed E-state index contributed by atoms with van der Waals surface area (Å²) in [5.74, 6) is 0.842. The fraction of sp³-hybridized carbons (Fsp3) is 0.0909. The van der Waals surface area contributed by atoms with Crippen molar-refractivity contribution < 1.29 is 9.72 Å². The standard InChI is InChI=1S/C22H19N7O3S/c30-21(28-20-2-1-13-33-20)16-5-3-15(4-6-16)18-9-10-24-22(27-18)25-12-11-23-19-8-7-17(14-26-19)29(31)32/h1-10,13-14H,11-12H2,(H,23,26)(H,28,30)(H,24,25,27). The molecule has 0 saturated heterocycles. The molecule has 33 heavy (non-hydrogen) atoms. The van der Waals surface area contributed by atoms with Crippen LogP contribution in [0.1, 0.15) is 10.4 Å². The highest BCUT2D eigenvalue weighted by molar-refractivity contribution is 7.14. The predicted molar refractivity (Wildman–Crippen MR) is 128 cm³/mol. The zero-order chi connectivity index (χ0) is 23.0. The number of hydrogen-bond donors (Lipinski definition) is 3. The predicted octanol–water partition coefficient (Wildman–Crippen LogP) is 4.28. The molecule has 4 aromatic rings. The molecular weight excluding hydrogens is 442 g/mol. The van der Waals surface area contributed by atoms with E-state index in [9.17, 15) is 14.9 Å². The van der Waals surface area contributed by atoms with Gasteiger partial charge in [0.05, 0.1) is 15.6 Å². The maximum atomic E-state index is 12.3. The van der Waals surface area contributed by atoms with Crippen molar-refractivity contribution in [2.75, 3.05) is 29.0 Å². The van der Waals surface area contributed by atoms with E-state index in [1.165, 1.54) is 23.6 Å². The summed E-state index contributed by atoms with van der Waals surface area (Å²) in [5, 5.41) is 22.4. The molecule has 166 valence electrons. The summed E-state index contributed by atoms with van der Waals surface area (Å²) in [6.07, 6.45) is 2.87. The molecule has 0 aliphatic carbocycles. The van der Waals surface area contributed by atoms with Crippen molar-refractivity contribution in [1.29, 1.82) is 0 Å². The summed E-state index contributed by atoms with van der Waals surface area (Å²) in [6.45, 7) is 1.04. The van der Waals surface area contributed by atoms with Crippen LogP contribution in [-0.2, 0) is 0 Å². The Bertz CT molecular complexity index is 1230. The van der Waals surface area contributed by atoms with Crippen LogP contribution < -0.4 is 16.0 Å². The first-order chi connectivity index (χ1) is 16.1. The number of pyridine rings is 1. The molecule has 0 saturated carbocycles. The van der Waals surface area contributed by atoms with Gasteiger partial charge in [-0.15, -0.1) is 11.3 Å². The van der Waals surface area contributed by atoms with Gasteiger partial charge in [0, 0.05) is 36.5 Å². The lowest BCUT2D eigenvalue weighted by atomic mass is 10.1. The molecule has 0 bridgehead atoms. The quantitative estimate of drug-likeness (QED) is 0.191. The van der Waals surface area contributed by atoms with E-state index in [0.29, 0.717) is 30.4 Å². The molecule has 11 heteroatoms. The van der Waals surface area contributed by atoms with Crippen molar-refractivity contribution in [2.45, 2.75) is 0 Å². The molecule has 0 atom stereocenters. The van der Waals surface area contributed by atoms with Gasteiger partial charge < -0.3 is 16.0 Å². The van der Waals surface area contributed by atoms with Gasteiger partial charge in [-0.25, -0.2) is 15.0 Å². The van der Waals surface area contributed by atoms with E-state index in [-0.39, 0.29) is 11.6 Å². The topological polar surface area (TPSA) is 135 Å². The lowest BCUT2D eigenvalue weighted by molar-refractivity contribution is -0.385. The van der Waals surface area contributed by atoms with Gasteiger partial charge in [0.15, 0.2) is 0 Å². The van der Waals surface area contributed by atoms with E-state index in [4.69, 9.17) is 0 Å². The second kappa shape index (κ2) is 10.3. The summed E-state index contributed by atoms with van der Waals surface area (Å²) in [6, 6.07) is 15.7. The molecule has 4 rings (SSSR count). The van der Waals surface area contributed by atoms with Crippen LogP contribution in [0.2, 0.25) is 0 Å². The molecule has 1 amide bonds. The number of hydrogen-bond acceptors (Lipinski definition) is 9. The highest BCUT2D eigenvalue weighted by Gasteiger charge is 2.09. The number of amides is 1. The molecular formula is C22H19N7O3S. The van der Waals surface area contributed by atoms with E-state index in [1.54, 1.807) is 30.5 Å². The Morgan fingerprint density at radius 1 is 1.00 bits per heavy atom. The molecule has 0 aliphatic rings. The van der Waals surface area contributed by atoms with Gasteiger partial charge in [0.2, 0.25) is 5.95 Å². The van der Waals surface area contributed by atoms with Crippen LogP contribution in [0.15, 0.2) is 72.4 Å². The number of benzene rings is 1. The van der Waals surface area contributed by atoms with Crippen LogP contribution in [0.5, 0.6) is 0 Å². The largest absolute Gasteiger partial charge is 0.368 e. The molecule has 1 aromatic carbocycles. The molecule has 0 unspecified atom stereocenters. The van der Waals surface area contributed by atoms with E-state index in [0.717, 1.165) is 16.3 Å². The van der Waals surface area contributed by atoms with Crippen molar-refractivity contribution in [3.8, 4) is 11.3 Å². The first-order valence-electron chi connectivity index (χ1n) is 9.95. The lowest BCUT2D eigenvalue weighted by Gasteiger charge is -2.09. The Labute approximate surface area is 192 Å². The summed E-state index contributed by atoms with van der Waals surface area (Å²) in [5.41, 5.74) is 2.09. The van der Waals surface area contributed by atoms with Crippen LogP contribution in [0.25, 0.3) is 11.3 Å². The minimum absolute atomic E-state index is 0.0555. The minimum Gasteiger partial charge on any atom is -0.368 e. The fourth-order valence-corrected chi connectivity index (χ4v) is 3.51. The number of rotatable bonds is 9. The summed E-state index contributed by atoms with van der Waals surface area (Å²) in [4.78, 5) is 35.2. The normalized spacial score (nSPS) is 10.4. The van der Waals surface area contributed by atoms with E-state index in [1.807, 2.05) is 29.6 Å². The van der Waals surface area contributed by atoms with E-state index < -0.39 is 4.92 Å². The Kier molecular flexibility index (Phi) is 6.81. The third-order valence-electron chi connectivity index (χ3n) is 4.53. The van der Waals surface area contributed by atoms with Crippen LogP contribution in [0, 0.1) is 10.1 Å². The smallest absolute Gasteiger partial charge is 0.287 e. The molecule has 3 heterocycles. The van der Waals surface area contributed by atoms with Gasteiger partial charge in [-0.1, -0.05) is 12.1 Å². The Balaban J connectivity index is 1.31. The average molecular weight is 462 g/mol. The zero-order valence-corrected chi connectivity index (χ0v) is 18.1. The Hall–Kier alpha value is -4.38. The first-order valence-corrected chi connectivity index (χ1v) is 10.8. The number of carbonyl (C=O) groups excluding carboxylic acids is 1. The number of thiophene rings is 1. The molecule has 0 fully saturated rings. The number of nitrogens with one attached hydrogen (secondary N) is 3. The molecule has 0 aliphatic heterocycles. The summed E-state index contributed by atoms with van der Waals surface area (Å²) >= 11 is 1.47. The van der Waals surface area contributed by atoms with Crippen molar-refractivity contribution in [2.24, 2.45) is 0 Å². The van der Waals surface area contributed by atoms with Crippen LogP contribution in [0.3, 0.4) is 0 Å². The van der Waals surface area contributed by atoms with Crippen molar-refractivity contribution in [3.63, 3.8) is 0 Å². The maximum absolute atomic E-state index is 12.3. The van der Waals surface area contributed by atoms with Gasteiger partial charge >= 0.3 is 0 Å². The lowest BCUT2D eigenvalue weighted by Crippen LogP contribution is -2.15. The highest BCUT2D eigenvalue weighted by Crippen LogP contribution is 2.20. The van der Waals surface area contributed by atoms with Gasteiger partial charge in [0.1, 0.15) is 12.0 Å². The van der Waals surface area contributed by atoms with Gasteiger partial charge in [-0.3, -0.25) is 14.9 Å². The molecule has 0 spiro atoms. The average Bonchev–Trinajstić information content (AvgIpc) is 3.35. The van der Waals surface area contributed by atoms with Gasteiger partial charge in [0.25, 0.3) is 11.6 Å². The molecule has 0 radical (unpaired) electrons.